The summed E-state index contributed by atoms with van der Waals surface area (Å²) in [7, 11) is 0. The summed E-state index contributed by atoms with van der Waals surface area (Å²) in [5, 5.41) is 11.4. The van der Waals surface area contributed by atoms with E-state index in [9.17, 15) is 0 Å². The monoisotopic (exact) mass is 382 g/mol. The molecule has 0 amide bonds. The second-order valence-electron chi connectivity index (χ2n) is 7.12. The standard InChI is InChI=1S/C20H22N4O2S/c1-12-4-6-17(14(3)8-12)25-11-19-22-23-20(27)24(19)21-10-15-5-7-18(26-15)16-9-13(16)2/h4-8,10,13,16H,9,11H2,1-3H3,(H,23,27)/b21-10-/t13-,16-/m1/s1. The average Bonchev–Trinajstić information content (AvgIpc) is 3.03. The highest BCUT2D eigenvalue weighted by atomic mass is 32.1. The van der Waals surface area contributed by atoms with Gasteiger partial charge >= 0.3 is 0 Å². The number of hydrogen-bond donors (Lipinski definition) is 1. The van der Waals surface area contributed by atoms with Crippen LogP contribution in [-0.2, 0) is 6.61 Å². The number of H-pyrrole nitrogens is 1. The lowest BCUT2D eigenvalue weighted by Crippen LogP contribution is -2.05. The number of benzene rings is 1. The van der Waals surface area contributed by atoms with Crippen LogP contribution in [0.1, 0.15) is 47.7 Å². The molecule has 1 aliphatic carbocycles. The highest BCUT2D eigenvalue weighted by Crippen LogP contribution is 2.47. The molecule has 0 aliphatic heterocycles. The zero-order valence-electron chi connectivity index (χ0n) is 15.6. The van der Waals surface area contributed by atoms with Crippen molar-refractivity contribution >= 4 is 18.4 Å². The molecule has 2 atom stereocenters. The lowest BCUT2D eigenvalue weighted by atomic mass is 10.1. The fourth-order valence-electron chi connectivity index (χ4n) is 3.11. The van der Waals surface area contributed by atoms with Gasteiger partial charge in [-0.2, -0.15) is 14.9 Å². The van der Waals surface area contributed by atoms with Crippen molar-refractivity contribution in [3.63, 3.8) is 0 Å². The molecule has 1 fully saturated rings. The predicted molar refractivity (Wildman–Crippen MR) is 106 cm³/mol. The van der Waals surface area contributed by atoms with Crippen LogP contribution in [0, 0.1) is 24.5 Å². The van der Waals surface area contributed by atoms with Crippen LogP contribution >= 0.6 is 12.2 Å². The topological polar surface area (TPSA) is 68.3 Å². The average molecular weight is 382 g/mol. The lowest BCUT2D eigenvalue weighted by molar-refractivity contribution is 0.288. The van der Waals surface area contributed by atoms with Gasteiger partial charge in [0.2, 0.25) is 4.77 Å². The van der Waals surface area contributed by atoms with Crippen molar-refractivity contribution in [3.05, 3.63) is 63.6 Å². The molecule has 4 rings (SSSR count). The van der Waals surface area contributed by atoms with Crippen molar-refractivity contribution < 1.29 is 9.15 Å². The van der Waals surface area contributed by atoms with Gasteiger partial charge in [-0.25, -0.2) is 5.10 Å². The van der Waals surface area contributed by atoms with Gasteiger partial charge in [-0.1, -0.05) is 24.6 Å². The van der Waals surface area contributed by atoms with Crippen LogP contribution in [0.3, 0.4) is 0 Å². The van der Waals surface area contributed by atoms with Crippen molar-refractivity contribution in [1.82, 2.24) is 14.9 Å². The smallest absolute Gasteiger partial charge is 0.216 e. The number of hydrogen-bond acceptors (Lipinski definition) is 5. The molecular weight excluding hydrogens is 360 g/mol. The molecule has 2 aromatic heterocycles. The number of aryl methyl sites for hydroxylation is 2. The van der Waals surface area contributed by atoms with Crippen LogP contribution in [0.25, 0.3) is 0 Å². The second kappa shape index (κ2) is 7.15. The van der Waals surface area contributed by atoms with E-state index in [-0.39, 0.29) is 6.61 Å². The number of furan rings is 1. The van der Waals surface area contributed by atoms with Gasteiger partial charge in [-0.15, -0.1) is 0 Å². The van der Waals surface area contributed by atoms with Crippen LogP contribution in [-0.4, -0.2) is 21.1 Å². The number of nitrogens with one attached hydrogen (secondary N) is 1. The fraction of sp³-hybridized carbons (Fsp3) is 0.350. The zero-order valence-corrected chi connectivity index (χ0v) is 16.4. The van der Waals surface area contributed by atoms with E-state index in [0.717, 1.165) is 17.1 Å². The van der Waals surface area contributed by atoms with Crippen molar-refractivity contribution in [2.45, 2.75) is 39.7 Å². The Morgan fingerprint density at radius 1 is 1.37 bits per heavy atom. The molecule has 0 spiro atoms. The Morgan fingerprint density at radius 3 is 2.93 bits per heavy atom. The van der Waals surface area contributed by atoms with Gasteiger partial charge in [0.15, 0.2) is 5.82 Å². The third-order valence-corrected chi connectivity index (χ3v) is 5.09. The summed E-state index contributed by atoms with van der Waals surface area (Å²) in [5.41, 5.74) is 2.28. The van der Waals surface area contributed by atoms with Crippen LogP contribution in [0.2, 0.25) is 0 Å². The lowest BCUT2D eigenvalue weighted by Gasteiger charge is -2.09. The molecule has 3 aromatic rings. The molecule has 1 saturated carbocycles. The van der Waals surface area contributed by atoms with Gasteiger partial charge in [0.1, 0.15) is 23.9 Å². The van der Waals surface area contributed by atoms with Crippen LogP contribution in [0.5, 0.6) is 5.75 Å². The summed E-state index contributed by atoms with van der Waals surface area (Å²) < 4.78 is 13.7. The highest BCUT2D eigenvalue weighted by Gasteiger charge is 2.36. The SMILES string of the molecule is Cc1ccc(OCc2n[nH]c(=S)n2/N=C\c2ccc([C@@H]3C[C@H]3C)o2)c(C)c1. The van der Waals surface area contributed by atoms with Gasteiger partial charge in [0, 0.05) is 5.92 Å². The van der Waals surface area contributed by atoms with Crippen molar-refractivity contribution in [1.29, 1.82) is 0 Å². The Balaban J connectivity index is 1.48. The Kier molecular flexibility index (Phi) is 4.70. The number of aromatic nitrogens is 3. The number of aromatic amines is 1. The molecular formula is C20H22N4O2S. The Hall–Kier alpha value is -2.67. The molecule has 0 bridgehead atoms. The molecule has 0 radical (unpaired) electrons. The summed E-state index contributed by atoms with van der Waals surface area (Å²) in [4.78, 5) is 0. The minimum Gasteiger partial charge on any atom is -0.485 e. The third-order valence-electron chi connectivity index (χ3n) is 4.83. The van der Waals surface area contributed by atoms with E-state index in [1.807, 2.05) is 31.2 Å². The van der Waals surface area contributed by atoms with Gasteiger partial charge in [0.05, 0.1) is 6.21 Å². The summed E-state index contributed by atoms with van der Waals surface area (Å²) in [6.45, 7) is 6.57. The highest BCUT2D eigenvalue weighted by molar-refractivity contribution is 7.71. The normalized spacial score (nSPS) is 18.9. The van der Waals surface area contributed by atoms with E-state index in [4.69, 9.17) is 21.4 Å². The first kappa shape index (κ1) is 17.7. The Labute approximate surface area is 162 Å². The van der Waals surface area contributed by atoms with Crippen molar-refractivity contribution in [2.75, 3.05) is 0 Å². The third kappa shape index (κ3) is 3.88. The van der Waals surface area contributed by atoms with E-state index < -0.39 is 0 Å². The van der Waals surface area contributed by atoms with Crippen molar-refractivity contribution in [2.24, 2.45) is 11.0 Å². The molecule has 6 nitrogen and oxygen atoms in total. The maximum atomic E-state index is 5.89. The van der Waals surface area contributed by atoms with E-state index in [0.29, 0.717) is 28.2 Å². The Bertz CT molecular complexity index is 1050. The molecule has 1 aromatic carbocycles. The van der Waals surface area contributed by atoms with Crippen molar-refractivity contribution in [3.8, 4) is 5.75 Å². The molecule has 0 saturated heterocycles. The molecule has 1 N–H and O–H groups in total. The first-order valence-electron chi connectivity index (χ1n) is 9.01. The van der Waals surface area contributed by atoms with Gasteiger partial charge in [-0.3, -0.25) is 0 Å². The fourth-order valence-corrected chi connectivity index (χ4v) is 3.31. The van der Waals surface area contributed by atoms with E-state index in [2.05, 4.69) is 35.2 Å². The summed E-state index contributed by atoms with van der Waals surface area (Å²) in [6.07, 6.45) is 2.85. The quantitative estimate of drug-likeness (QED) is 0.494. The van der Waals surface area contributed by atoms with Crippen LogP contribution in [0.4, 0.5) is 0 Å². The van der Waals surface area contributed by atoms with E-state index in [1.165, 1.54) is 12.0 Å². The van der Waals surface area contributed by atoms with E-state index >= 15 is 0 Å². The van der Waals surface area contributed by atoms with E-state index in [1.54, 1.807) is 10.9 Å². The molecule has 1 aliphatic rings. The minimum atomic E-state index is 0.261. The summed E-state index contributed by atoms with van der Waals surface area (Å²) >= 11 is 5.28. The predicted octanol–water partition coefficient (Wildman–Crippen LogP) is 4.74. The molecule has 7 heteroatoms. The molecule has 0 unspecified atom stereocenters. The molecule has 2 heterocycles. The zero-order chi connectivity index (χ0) is 19.0. The molecule has 140 valence electrons. The van der Waals surface area contributed by atoms with Gasteiger partial charge < -0.3 is 9.15 Å². The maximum absolute atomic E-state index is 5.89. The largest absolute Gasteiger partial charge is 0.485 e. The minimum absolute atomic E-state index is 0.261. The van der Waals surface area contributed by atoms with Gasteiger partial charge in [-0.05, 0) is 62.2 Å². The summed E-state index contributed by atoms with van der Waals surface area (Å²) in [5.74, 6) is 4.40. The van der Waals surface area contributed by atoms with Gasteiger partial charge in [0.25, 0.3) is 0 Å². The summed E-state index contributed by atoms with van der Waals surface area (Å²) in [6, 6.07) is 10.0. The Morgan fingerprint density at radius 2 is 2.19 bits per heavy atom. The first-order chi connectivity index (χ1) is 13.0. The van der Waals surface area contributed by atoms with Crippen LogP contribution in [0.15, 0.2) is 39.9 Å². The molecule has 27 heavy (non-hydrogen) atoms. The maximum Gasteiger partial charge on any atom is 0.216 e. The van der Waals surface area contributed by atoms with Crippen LogP contribution < -0.4 is 4.74 Å². The number of rotatable bonds is 6. The number of ether oxygens (including phenoxy) is 1. The number of nitrogens with zero attached hydrogens (tertiary/aromatic N) is 3. The second-order valence-corrected chi connectivity index (χ2v) is 7.51. The first-order valence-corrected chi connectivity index (χ1v) is 9.42.